The minimum absolute atomic E-state index is 0.0882. The summed E-state index contributed by atoms with van der Waals surface area (Å²) in [6, 6.07) is 3.04. The molecule has 1 aromatic carbocycles. The van der Waals surface area contributed by atoms with E-state index in [2.05, 4.69) is 0 Å². The first-order valence-electron chi connectivity index (χ1n) is 5.67. The van der Waals surface area contributed by atoms with Crippen molar-refractivity contribution in [1.29, 1.82) is 0 Å². The third-order valence-corrected chi connectivity index (χ3v) is 2.59. The highest BCUT2D eigenvalue weighted by Gasteiger charge is 2.30. The zero-order chi connectivity index (χ0) is 14.6. The molecule has 1 aromatic rings. The van der Waals surface area contributed by atoms with Gasteiger partial charge in [0.25, 0.3) is 5.69 Å². The second-order valence-corrected chi connectivity index (χ2v) is 4.32. The van der Waals surface area contributed by atoms with E-state index < -0.39 is 22.2 Å². The summed E-state index contributed by atoms with van der Waals surface area (Å²) in [6.07, 6.45) is -0.265. The zero-order valence-corrected chi connectivity index (χ0v) is 10.7. The minimum Gasteiger partial charge on any atom is -0.466 e. The molecule has 104 valence electrons. The summed E-state index contributed by atoms with van der Waals surface area (Å²) in [5.74, 6) is -1.28. The molecule has 0 heterocycles. The molecule has 2 N–H and O–H groups in total. The zero-order valence-electron chi connectivity index (χ0n) is 10.7. The first-order chi connectivity index (χ1) is 8.77. The molecule has 0 spiro atoms. The van der Waals surface area contributed by atoms with E-state index in [1.165, 1.54) is 6.92 Å². The van der Waals surface area contributed by atoms with Gasteiger partial charge in [-0.15, -0.1) is 0 Å². The molecule has 0 aliphatic heterocycles. The van der Waals surface area contributed by atoms with Crippen LogP contribution in [0, 0.1) is 15.9 Å². The van der Waals surface area contributed by atoms with Crippen molar-refractivity contribution in [1.82, 2.24) is 0 Å². The molecule has 19 heavy (non-hydrogen) atoms. The number of nitro benzene ring substituents is 1. The Morgan fingerprint density at radius 3 is 2.74 bits per heavy atom. The molecular weight excluding hydrogens is 255 g/mol. The maximum absolute atomic E-state index is 13.7. The van der Waals surface area contributed by atoms with Gasteiger partial charge in [0.1, 0.15) is 5.82 Å². The van der Waals surface area contributed by atoms with Crippen molar-refractivity contribution in [3.05, 3.63) is 39.7 Å². The monoisotopic (exact) mass is 270 g/mol. The Balaban J connectivity index is 3.09. The highest BCUT2D eigenvalue weighted by atomic mass is 19.1. The van der Waals surface area contributed by atoms with Crippen LogP contribution in [-0.2, 0) is 15.1 Å². The number of nitrogens with zero attached hydrogens (tertiary/aromatic N) is 1. The van der Waals surface area contributed by atoms with Crippen LogP contribution in [0.15, 0.2) is 18.2 Å². The molecule has 0 unspecified atom stereocenters. The van der Waals surface area contributed by atoms with Gasteiger partial charge in [-0.25, -0.2) is 4.39 Å². The van der Waals surface area contributed by atoms with Crippen LogP contribution in [0.3, 0.4) is 0 Å². The van der Waals surface area contributed by atoms with E-state index in [1.807, 2.05) is 0 Å². The molecule has 0 saturated heterocycles. The number of ether oxygens (including phenoxy) is 1. The maximum atomic E-state index is 13.7. The van der Waals surface area contributed by atoms with Gasteiger partial charge in [-0.1, -0.05) is 0 Å². The molecule has 0 aromatic heterocycles. The van der Waals surface area contributed by atoms with Gasteiger partial charge in [0.05, 0.1) is 23.5 Å². The summed E-state index contributed by atoms with van der Waals surface area (Å²) in [5.41, 5.74) is 4.13. The lowest BCUT2D eigenvalue weighted by atomic mass is 9.89. The van der Waals surface area contributed by atoms with E-state index in [1.54, 1.807) is 6.92 Å². The van der Waals surface area contributed by atoms with Crippen LogP contribution >= 0.6 is 0 Å². The fraction of sp³-hybridized carbons (Fsp3) is 0.417. The van der Waals surface area contributed by atoms with Gasteiger partial charge in [-0.05, 0) is 19.9 Å². The number of hydrogen-bond acceptors (Lipinski definition) is 5. The van der Waals surface area contributed by atoms with E-state index in [9.17, 15) is 19.3 Å². The SMILES string of the molecule is CCOC(=O)C[C@](C)(N)c1cc([N+](=O)[O-])ccc1F. The quantitative estimate of drug-likeness (QED) is 0.500. The Hall–Kier alpha value is -2.02. The van der Waals surface area contributed by atoms with E-state index in [4.69, 9.17) is 10.5 Å². The van der Waals surface area contributed by atoms with Crippen molar-refractivity contribution in [3.8, 4) is 0 Å². The molecule has 0 saturated carbocycles. The third-order valence-electron chi connectivity index (χ3n) is 2.59. The Bertz CT molecular complexity index is 503. The fourth-order valence-electron chi connectivity index (χ4n) is 1.67. The lowest BCUT2D eigenvalue weighted by Crippen LogP contribution is -2.37. The van der Waals surface area contributed by atoms with E-state index in [0.717, 1.165) is 18.2 Å². The molecular formula is C12H15FN2O4. The van der Waals surface area contributed by atoms with Crippen molar-refractivity contribution in [2.24, 2.45) is 5.73 Å². The summed E-state index contributed by atoms with van der Waals surface area (Å²) in [6.45, 7) is 3.25. The molecule has 1 atom stereocenters. The lowest BCUT2D eigenvalue weighted by Gasteiger charge is -2.24. The van der Waals surface area contributed by atoms with E-state index in [-0.39, 0.29) is 24.3 Å². The lowest BCUT2D eigenvalue weighted by molar-refractivity contribution is -0.385. The Morgan fingerprint density at radius 2 is 2.21 bits per heavy atom. The number of carbonyl (C=O) groups excluding carboxylic acids is 1. The van der Waals surface area contributed by atoms with Crippen LogP contribution in [0.1, 0.15) is 25.8 Å². The van der Waals surface area contributed by atoms with E-state index >= 15 is 0 Å². The molecule has 0 aliphatic rings. The van der Waals surface area contributed by atoms with Gasteiger partial charge in [0.15, 0.2) is 0 Å². The smallest absolute Gasteiger partial charge is 0.307 e. The number of nitro groups is 1. The largest absolute Gasteiger partial charge is 0.466 e. The van der Waals surface area contributed by atoms with Crippen molar-refractivity contribution < 1.29 is 18.8 Å². The van der Waals surface area contributed by atoms with Crippen LogP contribution in [0.5, 0.6) is 0 Å². The highest BCUT2D eigenvalue weighted by molar-refractivity contribution is 5.71. The molecule has 7 heteroatoms. The number of esters is 1. The molecule has 0 radical (unpaired) electrons. The predicted molar refractivity (Wildman–Crippen MR) is 65.8 cm³/mol. The van der Waals surface area contributed by atoms with Crippen LogP contribution in [0.2, 0.25) is 0 Å². The Morgan fingerprint density at radius 1 is 1.58 bits per heavy atom. The van der Waals surface area contributed by atoms with Crippen LogP contribution in [-0.4, -0.2) is 17.5 Å². The van der Waals surface area contributed by atoms with Gasteiger partial charge in [-0.2, -0.15) is 0 Å². The summed E-state index contributed by atoms with van der Waals surface area (Å²) in [7, 11) is 0. The number of benzene rings is 1. The third kappa shape index (κ3) is 3.72. The summed E-state index contributed by atoms with van der Waals surface area (Å²) in [5, 5.41) is 10.7. The predicted octanol–water partition coefficient (Wildman–Crippen LogP) is 1.86. The normalized spacial score (nSPS) is 13.7. The second-order valence-electron chi connectivity index (χ2n) is 4.32. The highest BCUT2D eigenvalue weighted by Crippen LogP contribution is 2.28. The molecule has 6 nitrogen and oxygen atoms in total. The van der Waals surface area contributed by atoms with Gasteiger partial charge in [0, 0.05) is 17.7 Å². The average Bonchev–Trinajstić information content (AvgIpc) is 2.28. The number of hydrogen-bond donors (Lipinski definition) is 1. The van der Waals surface area contributed by atoms with Crippen molar-refractivity contribution in [2.75, 3.05) is 6.61 Å². The summed E-state index contributed by atoms with van der Waals surface area (Å²) in [4.78, 5) is 21.4. The molecule has 1 rings (SSSR count). The summed E-state index contributed by atoms with van der Waals surface area (Å²) >= 11 is 0. The first kappa shape index (κ1) is 15.0. The Labute approximate surface area is 109 Å². The van der Waals surface area contributed by atoms with Gasteiger partial charge in [-0.3, -0.25) is 14.9 Å². The van der Waals surface area contributed by atoms with Gasteiger partial charge in [0.2, 0.25) is 0 Å². The number of nitrogens with two attached hydrogens (primary N) is 1. The van der Waals surface area contributed by atoms with Crippen molar-refractivity contribution >= 4 is 11.7 Å². The average molecular weight is 270 g/mol. The molecule has 0 amide bonds. The molecule has 0 bridgehead atoms. The number of rotatable bonds is 5. The van der Waals surface area contributed by atoms with Crippen LogP contribution in [0.25, 0.3) is 0 Å². The second kappa shape index (κ2) is 5.75. The number of carbonyl (C=O) groups is 1. The standard InChI is InChI=1S/C12H15FN2O4/c1-3-19-11(16)7-12(2,14)9-6-8(15(17)18)4-5-10(9)13/h4-6H,3,7,14H2,1-2H3/t12-/m0/s1. The topological polar surface area (TPSA) is 95.5 Å². The van der Waals surface area contributed by atoms with Crippen molar-refractivity contribution in [2.45, 2.75) is 25.8 Å². The first-order valence-corrected chi connectivity index (χ1v) is 5.67. The van der Waals surface area contributed by atoms with Crippen molar-refractivity contribution in [3.63, 3.8) is 0 Å². The Kier molecular flexibility index (Phi) is 4.55. The van der Waals surface area contributed by atoms with Gasteiger partial charge < -0.3 is 10.5 Å². The van der Waals surface area contributed by atoms with Gasteiger partial charge >= 0.3 is 5.97 Å². The molecule has 0 fully saturated rings. The molecule has 0 aliphatic carbocycles. The fourth-order valence-corrected chi connectivity index (χ4v) is 1.67. The summed E-state index contributed by atoms with van der Waals surface area (Å²) < 4.78 is 18.5. The minimum atomic E-state index is -1.37. The number of halogens is 1. The van der Waals surface area contributed by atoms with Crippen LogP contribution < -0.4 is 5.73 Å². The van der Waals surface area contributed by atoms with Crippen LogP contribution in [0.4, 0.5) is 10.1 Å². The number of non-ortho nitro benzene ring substituents is 1. The maximum Gasteiger partial charge on any atom is 0.307 e. The van der Waals surface area contributed by atoms with E-state index in [0.29, 0.717) is 0 Å².